The van der Waals surface area contributed by atoms with Crippen LogP contribution in [-0.4, -0.2) is 19.0 Å². The molecule has 0 aliphatic rings. The van der Waals surface area contributed by atoms with Crippen molar-refractivity contribution in [3.05, 3.63) is 33.3 Å². The van der Waals surface area contributed by atoms with Crippen molar-refractivity contribution in [2.24, 2.45) is 0 Å². The van der Waals surface area contributed by atoms with Crippen molar-refractivity contribution in [1.29, 1.82) is 0 Å². The van der Waals surface area contributed by atoms with E-state index in [0.717, 1.165) is 0 Å². The Morgan fingerprint density at radius 2 is 1.81 bits per heavy atom. The van der Waals surface area contributed by atoms with Crippen molar-refractivity contribution in [1.82, 2.24) is 4.90 Å². The normalized spacial score (nSPS) is 12.2. The van der Waals surface area contributed by atoms with Gasteiger partial charge in [0.2, 0.25) is 0 Å². The van der Waals surface area contributed by atoms with Gasteiger partial charge in [-0.25, -0.2) is 0 Å². The first-order valence-corrected chi connectivity index (χ1v) is 5.52. The summed E-state index contributed by atoms with van der Waals surface area (Å²) in [7, 11) is 3.49. The van der Waals surface area contributed by atoms with Crippen LogP contribution in [-0.2, 0) is 12.7 Å². The molecule has 0 saturated carbocycles. The molecule has 0 atom stereocenters. The van der Waals surface area contributed by atoms with Crippen molar-refractivity contribution in [3.63, 3.8) is 0 Å². The van der Waals surface area contributed by atoms with Crippen LogP contribution < -0.4 is 0 Å². The molecule has 0 N–H and O–H groups in total. The quantitative estimate of drug-likeness (QED) is 0.801. The molecule has 0 saturated heterocycles. The van der Waals surface area contributed by atoms with Gasteiger partial charge in [-0.3, -0.25) is 0 Å². The van der Waals surface area contributed by atoms with Crippen LogP contribution in [0.3, 0.4) is 0 Å². The molecule has 1 nitrogen and oxygen atoms in total. The smallest absolute Gasteiger partial charge is 0.305 e. The van der Waals surface area contributed by atoms with Gasteiger partial charge in [-0.15, -0.1) is 0 Å². The third-order valence-corrected chi connectivity index (χ3v) is 2.83. The molecule has 16 heavy (non-hydrogen) atoms. The van der Waals surface area contributed by atoms with Crippen molar-refractivity contribution < 1.29 is 13.2 Å². The summed E-state index contributed by atoms with van der Waals surface area (Å²) in [5.74, 6) is 0. The Hall–Kier alpha value is -0.550. The van der Waals surface area contributed by atoms with Gasteiger partial charge in [0.05, 0.1) is 5.56 Å². The summed E-state index contributed by atoms with van der Waals surface area (Å²) < 4.78 is 39.0. The topological polar surface area (TPSA) is 3.24 Å². The number of hydrogen-bond donors (Lipinski definition) is 0. The number of nitrogens with zero attached hydrogens (tertiary/aromatic N) is 1. The van der Waals surface area contributed by atoms with E-state index in [9.17, 15) is 13.2 Å². The molecule has 0 spiro atoms. The number of hydrogen-bond acceptors (Lipinski definition) is 1. The van der Waals surface area contributed by atoms with Crippen LogP contribution in [0.5, 0.6) is 0 Å². The fourth-order valence-electron chi connectivity index (χ4n) is 1.50. The molecule has 1 aromatic carbocycles. The Bertz CT molecular complexity index is 386. The first kappa shape index (κ1) is 13.5. The predicted octanol–water partition coefficient (Wildman–Crippen LogP) is 3.84. The molecule has 0 aromatic heterocycles. The maximum Gasteiger partial charge on any atom is 0.416 e. The Morgan fingerprint density at radius 1 is 1.25 bits per heavy atom. The van der Waals surface area contributed by atoms with E-state index in [4.69, 9.17) is 0 Å². The summed E-state index contributed by atoms with van der Waals surface area (Å²) >= 11 is 3.19. The number of aryl methyl sites for hydroxylation is 1. The Kier molecular flexibility index (Phi) is 4.02. The summed E-state index contributed by atoms with van der Waals surface area (Å²) in [6.45, 7) is 1.91. The molecule has 5 heteroatoms. The van der Waals surface area contributed by atoms with Gasteiger partial charge >= 0.3 is 6.18 Å². The molecular weight excluding hydrogens is 283 g/mol. The third kappa shape index (κ3) is 3.22. The standard InChI is InChI=1S/C11H13BrF3N/c1-7-4-9(11(13,14)15)8(6-16(2)3)10(12)5-7/h4-5H,6H2,1-3H3. The van der Waals surface area contributed by atoms with E-state index < -0.39 is 11.7 Å². The highest BCUT2D eigenvalue weighted by Gasteiger charge is 2.34. The van der Waals surface area contributed by atoms with Gasteiger partial charge in [0.25, 0.3) is 0 Å². The average Bonchev–Trinajstić information content (AvgIpc) is 2.06. The molecule has 0 unspecified atom stereocenters. The SMILES string of the molecule is Cc1cc(Br)c(CN(C)C)c(C(F)(F)F)c1. The Labute approximate surface area is 101 Å². The molecule has 1 rings (SSSR count). The van der Waals surface area contributed by atoms with Gasteiger partial charge < -0.3 is 4.90 Å². The maximum absolute atomic E-state index is 12.8. The van der Waals surface area contributed by atoms with Crippen LogP contribution in [0.25, 0.3) is 0 Å². The molecule has 1 aromatic rings. The monoisotopic (exact) mass is 295 g/mol. The highest BCUT2D eigenvalue weighted by Crippen LogP contribution is 2.36. The summed E-state index contributed by atoms with van der Waals surface area (Å²) in [5.41, 5.74) is 0.317. The van der Waals surface area contributed by atoms with E-state index in [1.807, 2.05) is 0 Å². The molecule has 0 aliphatic carbocycles. The van der Waals surface area contributed by atoms with Crippen LogP contribution in [0.4, 0.5) is 13.2 Å². The lowest BCUT2D eigenvalue weighted by molar-refractivity contribution is -0.138. The van der Waals surface area contributed by atoms with Gasteiger partial charge in [-0.05, 0) is 44.3 Å². The molecule has 0 fully saturated rings. The number of halogens is 4. The van der Waals surface area contributed by atoms with Crippen molar-refractivity contribution in [2.75, 3.05) is 14.1 Å². The van der Waals surface area contributed by atoms with Gasteiger partial charge in [0, 0.05) is 11.0 Å². The van der Waals surface area contributed by atoms with Crippen LogP contribution in [0.15, 0.2) is 16.6 Å². The van der Waals surface area contributed by atoms with E-state index in [2.05, 4.69) is 15.9 Å². The predicted molar refractivity (Wildman–Crippen MR) is 61.3 cm³/mol. The zero-order chi connectivity index (χ0) is 12.5. The minimum Gasteiger partial charge on any atom is -0.305 e. The van der Waals surface area contributed by atoms with E-state index in [1.165, 1.54) is 6.07 Å². The molecule has 0 amide bonds. The maximum atomic E-state index is 12.8. The minimum atomic E-state index is -4.31. The number of benzene rings is 1. The van der Waals surface area contributed by atoms with Crippen LogP contribution in [0, 0.1) is 6.92 Å². The van der Waals surface area contributed by atoms with Crippen LogP contribution in [0.1, 0.15) is 16.7 Å². The van der Waals surface area contributed by atoms with E-state index in [-0.39, 0.29) is 12.1 Å². The summed E-state index contributed by atoms with van der Waals surface area (Å²) in [5, 5.41) is 0. The van der Waals surface area contributed by atoms with E-state index >= 15 is 0 Å². The third-order valence-electron chi connectivity index (χ3n) is 2.12. The molecular formula is C11H13BrF3N. The molecule has 0 bridgehead atoms. The zero-order valence-electron chi connectivity index (χ0n) is 9.32. The van der Waals surface area contributed by atoms with E-state index in [0.29, 0.717) is 10.0 Å². The second-order valence-corrected chi connectivity index (χ2v) is 4.86. The Balaban J connectivity index is 3.33. The second-order valence-electron chi connectivity index (χ2n) is 4.01. The highest BCUT2D eigenvalue weighted by atomic mass is 79.9. The van der Waals surface area contributed by atoms with Gasteiger partial charge in [0.1, 0.15) is 0 Å². The van der Waals surface area contributed by atoms with Crippen molar-refractivity contribution in [2.45, 2.75) is 19.6 Å². The molecule has 0 heterocycles. The second kappa shape index (κ2) is 4.75. The molecule has 0 aliphatic heterocycles. The van der Waals surface area contributed by atoms with Crippen molar-refractivity contribution in [3.8, 4) is 0 Å². The minimum absolute atomic E-state index is 0.260. The fraction of sp³-hybridized carbons (Fsp3) is 0.455. The Morgan fingerprint density at radius 3 is 2.25 bits per heavy atom. The zero-order valence-corrected chi connectivity index (χ0v) is 10.9. The number of rotatable bonds is 2. The first-order valence-electron chi connectivity index (χ1n) is 4.72. The molecule has 90 valence electrons. The number of alkyl halides is 3. The van der Waals surface area contributed by atoms with Gasteiger partial charge in [0.15, 0.2) is 0 Å². The van der Waals surface area contributed by atoms with E-state index in [1.54, 1.807) is 32.0 Å². The highest BCUT2D eigenvalue weighted by molar-refractivity contribution is 9.10. The first-order chi connectivity index (χ1) is 7.21. The largest absolute Gasteiger partial charge is 0.416 e. The van der Waals surface area contributed by atoms with Crippen LogP contribution in [0.2, 0.25) is 0 Å². The average molecular weight is 296 g/mol. The summed E-state index contributed by atoms with van der Waals surface area (Å²) in [6, 6.07) is 2.89. The van der Waals surface area contributed by atoms with Gasteiger partial charge in [-0.1, -0.05) is 15.9 Å². The summed E-state index contributed by atoms with van der Waals surface area (Å²) in [6.07, 6.45) is -4.31. The summed E-state index contributed by atoms with van der Waals surface area (Å²) in [4.78, 5) is 1.71. The van der Waals surface area contributed by atoms with Gasteiger partial charge in [-0.2, -0.15) is 13.2 Å². The lowest BCUT2D eigenvalue weighted by Crippen LogP contribution is -2.17. The fourth-order valence-corrected chi connectivity index (χ4v) is 2.20. The van der Waals surface area contributed by atoms with Crippen LogP contribution >= 0.6 is 15.9 Å². The van der Waals surface area contributed by atoms with Crippen molar-refractivity contribution >= 4 is 15.9 Å². The molecule has 0 radical (unpaired) electrons. The lowest BCUT2D eigenvalue weighted by atomic mass is 10.0. The lowest BCUT2D eigenvalue weighted by Gasteiger charge is -2.18.